The Hall–Kier alpha value is -1.55. The topological polar surface area (TPSA) is 38.3 Å². The molecule has 0 saturated carbocycles. The third kappa shape index (κ3) is 2.27. The number of ether oxygens (including phenoxy) is 1. The normalized spacial score (nSPS) is 10.2. The van der Waals surface area contributed by atoms with Gasteiger partial charge in [0.1, 0.15) is 0 Å². The molecule has 0 bridgehead atoms. The van der Waals surface area contributed by atoms with E-state index in [1.54, 1.807) is 18.3 Å². The van der Waals surface area contributed by atoms with E-state index in [-0.39, 0.29) is 0 Å². The van der Waals surface area contributed by atoms with Gasteiger partial charge in [-0.1, -0.05) is 6.07 Å². The van der Waals surface area contributed by atoms with Gasteiger partial charge in [0.2, 0.25) is 0 Å². The molecular formula is C11H11NO2S. The molecule has 4 heteroatoms. The third-order valence-electron chi connectivity index (χ3n) is 1.98. The van der Waals surface area contributed by atoms with Crippen LogP contribution in [0.1, 0.15) is 6.92 Å². The predicted molar refractivity (Wildman–Crippen MR) is 62.5 cm³/mol. The molecule has 0 spiro atoms. The van der Waals surface area contributed by atoms with Crippen LogP contribution in [0, 0.1) is 0 Å². The Kier molecular flexibility index (Phi) is 2.87. The van der Waals surface area contributed by atoms with Gasteiger partial charge in [-0.3, -0.25) is 5.32 Å². The summed E-state index contributed by atoms with van der Waals surface area (Å²) in [7, 11) is 0. The van der Waals surface area contributed by atoms with Gasteiger partial charge in [0.15, 0.2) is 0 Å². The molecule has 78 valence electrons. The highest BCUT2D eigenvalue weighted by Gasteiger charge is 2.02. The lowest BCUT2D eigenvalue weighted by Crippen LogP contribution is -2.12. The SMILES string of the molecule is CCOC(=O)Nc1ccc2ccsc2c1. The van der Waals surface area contributed by atoms with E-state index in [0.717, 1.165) is 10.4 Å². The van der Waals surface area contributed by atoms with Crippen LogP contribution in [0.5, 0.6) is 0 Å². The molecule has 2 rings (SSSR count). The van der Waals surface area contributed by atoms with Crippen LogP contribution < -0.4 is 5.32 Å². The van der Waals surface area contributed by atoms with Gasteiger partial charge in [-0.15, -0.1) is 11.3 Å². The Morgan fingerprint density at radius 2 is 2.33 bits per heavy atom. The van der Waals surface area contributed by atoms with Gasteiger partial charge in [0, 0.05) is 10.4 Å². The van der Waals surface area contributed by atoms with Crippen molar-refractivity contribution in [3.8, 4) is 0 Å². The first kappa shape index (κ1) is 9.98. The van der Waals surface area contributed by atoms with E-state index in [9.17, 15) is 4.79 Å². The zero-order valence-corrected chi connectivity index (χ0v) is 9.14. The highest BCUT2D eigenvalue weighted by atomic mass is 32.1. The van der Waals surface area contributed by atoms with Crippen LogP contribution in [0.25, 0.3) is 10.1 Å². The van der Waals surface area contributed by atoms with E-state index >= 15 is 0 Å². The largest absolute Gasteiger partial charge is 0.450 e. The number of rotatable bonds is 2. The van der Waals surface area contributed by atoms with Crippen LogP contribution in [0.3, 0.4) is 0 Å². The van der Waals surface area contributed by atoms with Crippen molar-refractivity contribution in [2.75, 3.05) is 11.9 Å². The predicted octanol–water partition coefficient (Wildman–Crippen LogP) is 3.47. The zero-order valence-electron chi connectivity index (χ0n) is 8.32. The number of hydrogen-bond acceptors (Lipinski definition) is 3. The Morgan fingerprint density at radius 1 is 1.47 bits per heavy atom. The second kappa shape index (κ2) is 4.31. The second-order valence-corrected chi connectivity index (χ2v) is 3.97. The molecule has 1 heterocycles. The summed E-state index contributed by atoms with van der Waals surface area (Å²) in [5.41, 5.74) is 0.767. The molecule has 0 atom stereocenters. The van der Waals surface area contributed by atoms with Gasteiger partial charge in [-0.25, -0.2) is 4.79 Å². The maximum Gasteiger partial charge on any atom is 0.411 e. The first-order valence-electron chi connectivity index (χ1n) is 4.70. The number of benzene rings is 1. The zero-order chi connectivity index (χ0) is 10.7. The number of thiophene rings is 1. The molecule has 0 fully saturated rings. The molecule has 1 aromatic carbocycles. The first-order chi connectivity index (χ1) is 7.29. The lowest BCUT2D eigenvalue weighted by atomic mass is 10.2. The lowest BCUT2D eigenvalue weighted by Gasteiger charge is -2.04. The smallest absolute Gasteiger partial charge is 0.411 e. The van der Waals surface area contributed by atoms with Gasteiger partial charge in [-0.05, 0) is 35.9 Å². The molecule has 0 aliphatic heterocycles. The molecule has 2 aromatic rings. The fourth-order valence-corrected chi connectivity index (χ4v) is 2.15. The quantitative estimate of drug-likeness (QED) is 0.843. The number of hydrogen-bond donors (Lipinski definition) is 1. The van der Waals surface area contributed by atoms with Crippen molar-refractivity contribution in [2.24, 2.45) is 0 Å². The van der Waals surface area contributed by atoms with E-state index < -0.39 is 6.09 Å². The summed E-state index contributed by atoms with van der Waals surface area (Å²) in [5, 5.41) is 5.89. The first-order valence-corrected chi connectivity index (χ1v) is 5.58. The van der Waals surface area contributed by atoms with Gasteiger partial charge < -0.3 is 4.74 Å². The molecule has 3 nitrogen and oxygen atoms in total. The maximum absolute atomic E-state index is 11.2. The molecule has 0 unspecified atom stereocenters. The van der Waals surface area contributed by atoms with Gasteiger partial charge in [0.25, 0.3) is 0 Å². The summed E-state index contributed by atoms with van der Waals surface area (Å²) in [5.74, 6) is 0. The number of anilines is 1. The Bertz CT molecular complexity index is 478. The molecule has 0 saturated heterocycles. The van der Waals surface area contributed by atoms with E-state index in [1.165, 1.54) is 5.39 Å². The number of carbonyl (C=O) groups is 1. The van der Waals surface area contributed by atoms with Crippen LogP contribution >= 0.6 is 11.3 Å². The number of amides is 1. The molecule has 1 N–H and O–H groups in total. The summed E-state index contributed by atoms with van der Waals surface area (Å²) in [6, 6.07) is 7.84. The van der Waals surface area contributed by atoms with Gasteiger partial charge in [-0.2, -0.15) is 0 Å². The second-order valence-electron chi connectivity index (χ2n) is 3.02. The third-order valence-corrected chi connectivity index (χ3v) is 2.86. The molecule has 0 radical (unpaired) electrons. The number of nitrogens with one attached hydrogen (secondary N) is 1. The number of fused-ring (bicyclic) bond motifs is 1. The summed E-state index contributed by atoms with van der Waals surface area (Å²) < 4.78 is 5.95. The fourth-order valence-electron chi connectivity index (χ4n) is 1.32. The lowest BCUT2D eigenvalue weighted by molar-refractivity contribution is 0.168. The average Bonchev–Trinajstić information content (AvgIpc) is 2.65. The highest BCUT2D eigenvalue weighted by molar-refractivity contribution is 7.17. The van der Waals surface area contributed by atoms with E-state index in [0.29, 0.717) is 6.61 Å². The minimum Gasteiger partial charge on any atom is -0.450 e. The van der Waals surface area contributed by atoms with E-state index in [1.807, 2.05) is 29.6 Å². The summed E-state index contributed by atoms with van der Waals surface area (Å²) in [6.45, 7) is 2.16. The van der Waals surface area contributed by atoms with E-state index in [4.69, 9.17) is 4.74 Å². The van der Waals surface area contributed by atoms with Crippen LogP contribution in [-0.4, -0.2) is 12.7 Å². The Labute approximate surface area is 91.7 Å². The van der Waals surface area contributed by atoms with Crippen LogP contribution in [0.4, 0.5) is 10.5 Å². The molecule has 1 amide bonds. The molecular weight excluding hydrogens is 210 g/mol. The fraction of sp³-hybridized carbons (Fsp3) is 0.182. The molecule has 0 aliphatic carbocycles. The van der Waals surface area contributed by atoms with Crippen molar-refractivity contribution >= 4 is 33.2 Å². The molecule has 15 heavy (non-hydrogen) atoms. The standard InChI is InChI=1S/C11H11NO2S/c1-2-14-11(13)12-9-4-3-8-5-6-15-10(8)7-9/h3-7H,2H2,1H3,(H,12,13). The molecule has 1 aromatic heterocycles. The summed E-state index contributed by atoms with van der Waals surface area (Å²) in [4.78, 5) is 11.2. The minimum absolute atomic E-state index is 0.382. The number of carbonyl (C=O) groups excluding carboxylic acids is 1. The van der Waals surface area contributed by atoms with E-state index in [2.05, 4.69) is 5.32 Å². The van der Waals surface area contributed by atoms with Crippen molar-refractivity contribution < 1.29 is 9.53 Å². The van der Waals surface area contributed by atoms with Crippen molar-refractivity contribution in [3.63, 3.8) is 0 Å². The maximum atomic E-state index is 11.2. The minimum atomic E-state index is -0.409. The van der Waals surface area contributed by atoms with Crippen LogP contribution in [0.15, 0.2) is 29.6 Å². The van der Waals surface area contributed by atoms with Crippen LogP contribution in [0.2, 0.25) is 0 Å². The average molecular weight is 221 g/mol. The van der Waals surface area contributed by atoms with Gasteiger partial charge in [0.05, 0.1) is 6.61 Å². The van der Waals surface area contributed by atoms with Crippen molar-refractivity contribution in [1.82, 2.24) is 0 Å². The monoisotopic (exact) mass is 221 g/mol. The Balaban J connectivity index is 2.17. The Morgan fingerprint density at radius 3 is 3.13 bits per heavy atom. The van der Waals surface area contributed by atoms with Gasteiger partial charge >= 0.3 is 6.09 Å². The highest BCUT2D eigenvalue weighted by Crippen LogP contribution is 2.24. The summed E-state index contributed by atoms with van der Waals surface area (Å²) in [6.07, 6.45) is -0.409. The summed E-state index contributed by atoms with van der Waals surface area (Å²) >= 11 is 1.65. The van der Waals surface area contributed by atoms with Crippen molar-refractivity contribution in [3.05, 3.63) is 29.6 Å². The van der Waals surface area contributed by atoms with Crippen molar-refractivity contribution in [1.29, 1.82) is 0 Å². The van der Waals surface area contributed by atoms with Crippen LogP contribution in [-0.2, 0) is 4.74 Å². The molecule has 0 aliphatic rings. The van der Waals surface area contributed by atoms with Crippen molar-refractivity contribution in [2.45, 2.75) is 6.92 Å².